The number of rotatable bonds is 6. The Balaban J connectivity index is 1.98. The first-order valence-corrected chi connectivity index (χ1v) is 8.08. The molecule has 1 amide bonds. The van der Waals surface area contributed by atoms with Crippen molar-refractivity contribution in [2.45, 2.75) is 26.7 Å². The molecular formula is C18H25NO5. The summed E-state index contributed by atoms with van der Waals surface area (Å²) in [7, 11) is 1.48. The number of carbonyl (C=O) groups excluding carboxylic acids is 1. The smallest absolute Gasteiger partial charge is 0.313 e. The summed E-state index contributed by atoms with van der Waals surface area (Å²) in [4.78, 5) is 25.6. The Labute approximate surface area is 142 Å². The van der Waals surface area contributed by atoms with Crippen LogP contribution in [0.2, 0.25) is 0 Å². The third-order valence-corrected chi connectivity index (χ3v) is 4.64. The van der Waals surface area contributed by atoms with Crippen molar-refractivity contribution < 1.29 is 24.2 Å². The highest BCUT2D eigenvalue weighted by Gasteiger charge is 2.43. The number of likely N-dealkylation sites (tertiary alicyclic amines) is 1. The van der Waals surface area contributed by atoms with E-state index in [9.17, 15) is 14.7 Å². The Morgan fingerprint density at radius 1 is 1.29 bits per heavy atom. The van der Waals surface area contributed by atoms with Gasteiger partial charge < -0.3 is 19.5 Å². The van der Waals surface area contributed by atoms with Crippen LogP contribution in [0.15, 0.2) is 18.2 Å². The lowest BCUT2D eigenvalue weighted by Crippen LogP contribution is -2.53. The average Bonchev–Trinajstić information content (AvgIpc) is 2.56. The highest BCUT2D eigenvalue weighted by Crippen LogP contribution is 2.31. The number of carboxylic acid groups (broad SMARTS) is 1. The van der Waals surface area contributed by atoms with E-state index in [0.29, 0.717) is 25.1 Å². The minimum atomic E-state index is -1.02. The third-order valence-electron chi connectivity index (χ3n) is 4.64. The number of amides is 1. The number of carbonyl (C=O) groups is 2. The summed E-state index contributed by atoms with van der Waals surface area (Å²) in [6.07, 6.45) is 1.16. The third kappa shape index (κ3) is 4.06. The Hall–Kier alpha value is -2.08. The van der Waals surface area contributed by atoms with Crippen molar-refractivity contribution >= 4 is 11.9 Å². The molecule has 1 aliphatic heterocycles. The first kappa shape index (κ1) is 18.3. The minimum Gasteiger partial charge on any atom is -0.484 e. The van der Waals surface area contributed by atoms with Gasteiger partial charge in [-0.2, -0.15) is 0 Å². The molecule has 0 aliphatic carbocycles. The minimum absolute atomic E-state index is 0.0921. The van der Waals surface area contributed by atoms with E-state index in [4.69, 9.17) is 9.47 Å². The van der Waals surface area contributed by atoms with Crippen LogP contribution in [0.25, 0.3) is 0 Å². The van der Waals surface area contributed by atoms with E-state index in [2.05, 4.69) is 0 Å². The number of methoxy groups -OCH3 is 1. The van der Waals surface area contributed by atoms with E-state index in [1.54, 1.807) is 4.90 Å². The summed E-state index contributed by atoms with van der Waals surface area (Å²) in [6, 6.07) is 5.67. The lowest BCUT2D eigenvalue weighted by molar-refractivity contribution is -0.159. The highest BCUT2D eigenvalue weighted by atomic mass is 16.5. The van der Waals surface area contributed by atoms with E-state index in [0.717, 1.165) is 11.1 Å². The van der Waals surface area contributed by atoms with Crippen molar-refractivity contribution in [3.05, 3.63) is 29.3 Å². The highest BCUT2D eigenvalue weighted by molar-refractivity contribution is 5.80. The molecule has 1 heterocycles. The number of aryl methyl sites for hydroxylation is 2. The Kier molecular flexibility index (Phi) is 5.83. The average molecular weight is 335 g/mol. The second-order valence-electron chi connectivity index (χ2n) is 6.47. The molecule has 1 atom stereocenters. The van der Waals surface area contributed by atoms with Crippen molar-refractivity contribution in [1.82, 2.24) is 4.90 Å². The van der Waals surface area contributed by atoms with Gasteiger partial charge in [-0.15, -0.1) is 0 Å². The molecule has 132 valence electrons. The SMILES string of the molecule is COCC1(C(=O)O)CCCN(C(=O)COc2ccc(C)c(C)c2)C1. The molecule has 1 unspecified atom stereocenters. The number of hydrogen-bond donors (Lipinski definition) is 1. The van der Waals surface area contributed by atoms with Crippen LogP contribution < -0.4 is 4.74 Å². The van der Waals surface area contributed by atoms with Crippen LogP contribution in [0, 0.1) is 19.3 Å². The van der Waals surface area contributed by atoms with Crippen molar-refractivity contribution in [1.29, 1.82) is 0 Å². The first-order valence-electron chi connectivity index (χ1n) is 8.08. The van der Waals surface area contributed by atoms with E-state index < -0.39 is 11.4 Å². The molecule has 24 heavy (non-hydrogen) atoms. The molecule has 0 aromatic heterocycles. The maximum absolute atomic E-state index is 12.4. The molecule has 0 bridgehead atoms. The van der Waals surface area contributed by atoms with Gasteiger partial charge in [-0.3, -0.25) is 9.59 Å². The fourth-order valence-corrected chi connectivity index (χ4v) is 3.02. The van der Waals surface area contributed by atoms with Gasteiger partial charge in [-0.05, 0) is 49.9 Å². The summed E-state index contributed by atoms with van der Waals surface area (Å²) in [5.74, 6) is -0.476. The second kappa shape index (κ2) is 7.66. The van der Waals surface area contributed by atoms with Gasteiger partial charge in [-0.1, -0.05) is 6.07 Å². The predicted molar refractivity (Wildman–Crippen MR) is 89.2 cm³/mol. The zero-order valence-electron chi connectivity index (χ0n) is 14.5. The monoisotopic (exact) mass is 335 g/mol. The van der Waals surface area contributed by atoms with Crippen molar-refractivity contribution in [3.8, 4) is 5.75 Å². The van der Waals surface area contributed by atoms with Gasteiger partial charge in [0.05, 0.1) is 6.61 Å². The van der Waals surface area contributed by atoms with Gasteiger partial charge in [0.2, 0.25) is 0 Å². The largest absolute Gasteiger partial charge is 0.484 e. The van der Waals surface area contributed by atoms with E-state index in [1.807, 2.05) is 32.0 Å². The number of aliphatic carboxylic acids is 1. The molecule has 2 rings (SSSR count). The summed E-state index contributed by atoms with van der Waals surface area (Å²) < 4.78 is 10.7. The number of carboxylic acids is 1. The topological polar surface area (TPSA) is 76.1 Å². The standard InChI is InChI=1S/C18H25NO5/c1-13-5-6-15(9-14(13)2)24-10-16(20)19-8-4-7-18(11-19,12-23-3)17(21)22/h5-6,9H,4,7-8,10-12H2,1-3H3,(H,21,22). The quantitative estimate of drug-likeness (QED) is 0.861. The summed E-state index contributed by atoms with van der Waals surface area (Å²) >= 11 is 0. The molecule has 0 radical (unpaired) electrons. The van der Waals surface area contributed by atoms with Crippen LogP contribution in [0.1, 0.15) is 24.0 Å². The van der Waals surface area contributed by atoms with Crippen molar-refractivity contribution in [2.75, 3.05) is 33.4 Å². The van der Waals surface area contributed by atoms with E-state index >= 15 is 0 Å². The lowest BCUT2D eigenvalue weighted by atomic mass is 9.80. The zero-order valence-corrected chi connectivity index (χ0v) is 14.5. The Morgan fingerprint density at radius 2 is 2.04 bits per heavy atom. The number of hydrogen-bond acceptors (Lipinski definition) is 4. The molecule has 1 saturated heterocycles. The molecule has 1 aliphatic rings. The summed E-state index contributed by atoms with van der Waals surface area (Å²) in [6.45, 7) is 4.72. The zero-order chi connectivity index (χ0) is 17.7. The fraction of sp³-hybridized carbons (Fsp3) is 0.556. The van der Waals surface area contributed by atoms with Crippen LogP contribution >= 0.6 is 0 Å². The number of ether oxygens (including phenoxy) is 2. The maximum atomic E-state index is 12.4. The molecule has 1 aromatic carbocycles. The molecule has 1 fully saturated rings. The second-order valence-corrected chi connectivity index (χ2v) is 6.47. The number of nitrogens with zero attached hydrogens (tertiary/aromatic N) is 1. The van der Waals surface area contributed by atoms with Crippen LogP contribution in [-0.4, -0.2) is 55.3 Å². The van der Waals surface area contributed by atoms with Gasteiger partial charge in [0, 0.05) is 20.2 Å². The maximum Gasteiger partial charge on any atom is 0.313 e. The lowest BCUT2D eigenvalue weighted by Gasteiger charge is -2.39. The normalized spacial score (nSPS) is 20.7. The predicted octanol–water partition coefficient (Wildman–Crippen LogP) is 2.02. The van der Waals surface area contributed by atoms with Gasteiger partial charge in [0.1, 0.15) is 11.2 Å². The fourth-order valence-electron chi connectivity index (χ4n) is 3.02. The van der Waals surface area contributed by atoms with Gasteiger partial charge in [0.25, 0.3) is 5.91 Å². The molecule has 1 aromatic rings. The molecule has 1 N–H and O–H groups in total. The molecular weight excluding hydrogens is 310 g/mol. The summed E-state index contributed by atoms with van der Waals surface area (Å²) in [5.41, 5.74) is 1.24. The van der Waals surface area contributed by atoms with Crippen molar-refractivity contribution in [2.24, 2.45) is 5.41 Å². The van der Waals surface area contributed by atoms with E-state index in [-0.39, 0.29) is 25.7 Å². The van der Waals surface area contributed by atoms with Gasteiger partial charge in [0.15, 0.2) is 6.61 Å². The van der Waals surface area contributed by atoms with Crippen LogP contribution in [-0.2, 0) is 14.3 Å². The van der Waals surface area contributed by atoms with Crippen molar-refractivity contribution in [3.63, 3.8) is 0 Å². The van der Waals surface area contributed by atoms with E-state index in [1.165, 1.54) is 7.11 Å². The van der Waals surface area contributed by atoms with Crippen LogP contribution in [0.4, 0.5) is 0 Å². The molecule has 0 spiro atoms. The summed E-state index contributed by atoms with van der Waals surface area (Å²) in [5, 5.41) is 9.53. The van der Waals surface area contributed by atoms with Crippen LogP contribution in [0.5, 0.6) is 5.75 Å². The first-order chi connectivity index (χ1) is 11.4. The Morgan fingerprint density at radius 3 is 2.67 bits per heavy atom. The molecule has 0 saturated carbocycles. The molecule has 6 nitrogen and oxygen atoms in total. The van der Waals surface area contributed by atoms with Gasteiger partial charge in [-0.25, -0.2) is 0 Å². The number of benzene rings is 1. The Bertz CT molecular complexity index is 611. The van der Waals surface area contributed by atoms with Crippen LogP contribution in [0.3, 0.4) is 0 Å². The molecule has 6 heteroatoms. The number of piperidine rings is 1. The van der Waals surface area contributed by atoms with Gasteiger partial charge >= 0.3 is 5.97 Å².